The second kappa shape index (κ2) is 14.3. The number of aromatic nitrogens is 4. The molecule has 43 heavy (non-hydrogen) atoms. The first-order valence-electron chi connectivity index (χ1n) is 14.2. The highest BCUT2D eigenvalue weighted by Crippen LogP contribution is 2.29. The van der Waals surface area contributed by atoms with E-state index in [9.17, 15) is 14.9 Å². The number of rotatable bonds is 12. The summed E-state index contributed by atoms with van der Waals surface area (Å²) in [5, 5.41) is 21.8. The number of hydrogen-bond donors (Lipinski definition) is 3. The molecule has 5 rings (SSSR count). The second-order valence-corrected chi connectivity index (χ2v) is 11.4. The smallest absolute Gasteiger partial charge is 0.269 e. The largest absolute Gasteiger partial charge is 0.358 e. The minimum Gasteiger partial charge on any atom is -0.358 e. The number of nitro benzene ring substituents is 1. The summed E-state index contributed by atoms with van der Waals surface area (Å²) in [6, 6.07) is 12.8. The standard InChI is InChI=1S/C30H32Cl2N8O3/c31-23-10-9-22(25(32)15-23)18-34-29(41)26(14-20-5-2-1-3-6-20)36-27-16-28(39-12-11-33-19-39)38-30(37-27)35-17-21-7-4-8-24(13-21)40(42)43/h4,7-13,15-16,19-20,26H,1-3,5-6,14,17-18H2,(H,34,41)(H2,35,36,37,38)/t26-/m1/s1. The Kier molecular flexibility index (Phi) is 10.1. The first-order valence-corrected chi connectivity index (χ1v) is 14.9. The fourth-order valence-electron chi connectivity index (χ4n) is 5.21. The van der Waals surface area contributed by atoms with Gasteiger partial charge < -0.3 is 16.0 Å². The molecule has 0 bridgehead atoms. The Morgan fingerprint density at radius 2 is 1.91 bits per heavy atom. The normalized spacial score (nSPS) is 14.2. The lowest BCUT2D eigenvalue weighted by molar-refractivity contribution is -0.384. The molecule has 3 N–H and O–H groups in total. The molecule has 2 aromatic heterocycles. The van der Waals surface area contributed by atoms with E-state index in [4.69, 9.17) is 23.2 Å². The first-order chi connectivity index (χ1) is 20.8. The zero-order chi connectivity index (χ0) is 30.2. The van der Waals surface area contributed by atoms with Crippen molar-refractivity contribution in [2.45, 2.75) is 57.7 Å². The highest BCUT2D eigenvalue weighted by molar-refractivity contribution is 6.35. The average Bonchev–Trinajstić information content (AvgIpc) is 3.55. The Hall–Kier alpha value is -4.22. The Morgan fingerprint density at radius 3 is 2.65 bits per heavy atom. The fraction of sp³-hybridized carbons (Fsp3) is 0.333. The van der Waals surface area contributed by atoms with Gasteiger partial charge in [0.2, 0.25) is 11.9 Å². The Bertz CT molecular complexity index is 1560. The number of anilines is 2. The van der Waals surface area contributed by atoms with Gasteiger partial charge in [-0.15, -0.1) is 0 Å². The molecule has 13 heteroatoms. The summed E-state index contributed by atoms with van der Waals surface area (Å²) in [7, 11) is 0. The minimum atomic E-state index is -0.552. The Balaban J connectivity index is 1.37. The van der Waals surface area contributed by atoms with E-state index < -0.39 is 11.0 Å². The predicted octanol–water partition coefficient (Wildman–Crippen LogP) is 6.56. The molecule has 0 unspecified atom stereocenters. The molecule has 0 radical (unpaired) electrons. The van der Waals surface area contributed by atoms with Crippen molar-refractivity contribution in [1.29, 1.82) is 0 Å². The molecule has 1 amide bonds. The van der Waals surface area contributed by atoms with Crippen LogP contribution in [-0.2, 0) is 17.9 Å². The molecule has 224 valence electrons. The van der Waals surface area contributed by atoms with Crippen molar-refractivity contribution < 1.29 is 9.72 Å². The summed E-state index contributed by atoms with van der Waals surface area (Å²) in [5.41, 5.74) is 1.48. The minimum absolute atomic E-state index is 0.00574. The Morgan fingerprint density at radius 1 is 1.07 bits per heavy atom. The number of amides is 1. The summed E-state index contributed by atoms with van der Waals surface area (Å²) >= 11 is 12.4. The van der Waals surface area contributed by atoms with Crippen LogP contribution in [0.1, 0.15) is 49.7 Å². The van der Waals surface area contributed by atoms with E-state index in [0.29, 0.717) is 45.5 Å². The van der Waals surface area contributed by atoms with Gasteiger partial charge in [-0.25, -0.2) is 4.98 Å². The van der Waals surface area contributed by atoms with Gasteiger partial charge in [0.25, 0.3) is 5.69 Å². The third kappa shape index (κ3) is 8.42. The zero-order valence-corrected chi connectivity index (χ0v) is 24.9. The van der Waals surface area contributed by atoms with Gasteiger partial charge in [-0.2, -0.15) is 9.97 Å². The van der Waals surface area contributed by atoms with Crippen LogP contribution in [0.5, 0.6) is 0 Å². The van der Waals surface area contributed by atoms with Crippen molar-refractivity contribution in [3.63, 3.8) is 0 Å². The van der Waals surface area contributed by atoms with E-state index in [-0.39, 0.29) is 24.7 Å². The van der Waals surface area contributed by atoms with Gasteiger partial charge in [0.15, 0.2) is 0 Å². The van der Waals surface area contributed by atoms with Crippen LogP contribution in [0.15, 0.2) is 67.3 Å². The average molecular weight is 624 g/mol. The number of carbonyl (C=O) groups excluding carboxylic acids is 1. The molecule has 1 saturated carbocycles. The number of halogens is 2. The number of nitrogens with zero attached hydrogens (tertiary/aromatic N) is 5. The molecule has 2 heterocycles. The zero-order valence-electron chi connectivity index (χ0n) is 23.4. The van der Waals surface area contributed by atoms with Gasteiger partial charge in [0.1, 0.15) is 24.0 Å². The lowest BCUT2D eigenvalue weighted by atomic mass is 9.84. The SMILES string of the molecule is O=C(NCc1ccc(Cl)cc1Cl)[C@@H](CC1CCCCC1)Nc1cc(-n2ccnc2)nc(NCc2cccc([N+](=O)[O-])c2)n1. The van der Waals surface area contributed by atoms with Crippen LogP contribution in [-0.4, -0.2) is 36.4 Å². The molecule has 0 saturated heterocycles. The lowest BCUT2D eigenvalue weighted by Crippen LogP contribution is -2.41. The maximum atomic E-state index is 13.6. The van der Waals surface area contributed by atoms with Gasteiger partial charge in [-0.3, -0.25) is 19.5 Å². The second-order valence-electron chi connectivity index (χ2n) is 10.6. The van der Waals surface area contributed by atoms with E-state index in [1.54, 1.807) is 59.7 Å². The number of carbonyl (C=O) groups is 1. The first kappa shape index (κ1) is 30.2. The number of benzene rings is 2. The summed E-state index contributed by atoms with van der Waals surface area (Å²) in [6.07, 6.45) is 11.4. The van der Waals surface area contributed by atoms with Gasteiger partial charge in [-0.05, 0) is 35.6 Å². The van der Waals surface area contributed by atoms with Crippen LogP contribution >= 0.6 is 23.2 Å². The van der Waals surface area contributed by atoms with E-state index in [1.165, 1.54) is 18.6 Å². The van der Waals surface area contributed by atoms with Crippen LogP contribution in [0.4, 0.5) is 17.5 Å². The van der Waals surface area contributed by atoms with Gasteiger partial charge in [0, 0.05) is 53.7 Å². The van der Waals surface area contributed by atoms with Gasteiger partial charge >= 0.3 is 0 Å². The molecule has 1 fully saturated rings. The molecule has 0 aliphatic heterocycles. The number of nitro groups is 1. The topological polar surface area (TPSA) is 140 Å². The molecule has 1 atom stereocenters. The highest BCUT2D eigenvalue weighted by atomic mass is 35.5. The van der Waals surface area contributed by atoms with Crippen molar-refractivity contribution >= 4 is 46.6 Å². The lowest BCUT2D eigenvalue weighted by Gasteiger charge is -2.27. The van der Waals surface area contributed by atoms with Gasteiger partial charge in [0.05, 0.1) is 4.92 Å². The molecular weight excluding hydrogens is 591 g/mol. The van der Waals surface area contributed by atoms with Crippen LogP contribution in [0.3, 0.4) is 0 Å². The summed E-state index contributed by atoms with van der Waals surface area (Å²) in [4.78, 5) is 37.8. The molecular formula is C30H32Cl2N8O3. The maximum absolute atomic E-state index is 13.6. The third-order valence-electron chi connectivity index (χ3n) is 7.45. The van der Waals surface area contributed by atoms with Crippen LogP contribution < -0.4 is 16.0 Å². The van der Waals surface area contributed by atoms with Crippen molar-refractivity contribution in [3.8, 4) is 5.82 Å². The quantitative estimate of drug-likeness (QED) is 0.119. The number of non-ortho nitro benzene ring substituents is 1. The molecule has 4 aromatic rings. The van der Waals surface area contributed by atoms with Crippen LogP contribution in [0, 0.1) is 16.0 Å². The highest BCUT2D eigenvalue weighted by Gasteiger charge is 2.25. The summed E-state index contributed by atoms with van der Waals surface area (Å²) < 4.78 is 1.74. The third-order valence-corrected chi connectivity index (χ3v) is 8.04. The van der Waals surface area contributed by atoms with E-state index >= 15 is 0 Å². The molecule has 11 nitrogen and oxygen atoms in total. The van der Waals surface area contributed by atoms with Crippen molar-refractivity contribution in [3.05, 3.63) is 98.5 Å². The monoisotopic (exact) mass is 622 g/mol. The van der Waals surface area contributed by atoms with E-state index in [1.807, 2.05) is 0 Å². The predicted molar refractivity (Wildman–Crippen MR) is 166 cm³/mol. The molecule has 1 aliphatic rings. The Labute approximate surface area is 259 Å². The van der Waals surface area contributed by atoms with Crippen molar-refractivity contribution in [2.24, 2.45) is 5.92 Å². The number of nitrogens with one attached hydrogen (secondary N) is 3. The van der Waals surface area contributed by atoms with Crippen LogP contribution in [0.2, 0.25) is 10.0 Å². The van der Waals surface area contributed by atoms with E-state index in [2.05, 4.69) is 30.9 Å². The fourth-order valence-corrected chi connectivity index (χ4v) is 5.69. The summed E-state index contributed by atoms with van der Waals surface area (Å²) in [6.45, 7) is 0.528. The van der Waals surface area contributed by atoms with Gasteiger partial charge in [-0.1, -0.05) is 73.5 Å². The number of imidazole rings is 1. The van der Waals surface area contributed by atoms with Crippen molar-refractivity contribution in [2.75, 3.05) is 10.6 Å². The summed E-state index contributed by atoms with van der Waals surface area (Å²) in [5.74, 6) is 1.55. The van der Waals surface area contributed by atoms with Crippen LogP contribution in [0.25, 0.3) is 5.82 Å². The van der Waals surface area contributed by atoms with Crippen molar-refractivity contribution in [1.82, 2.24) is 24.8 Å². The molecule has 2 aromatic carbocycles. The maximum Gasteiger partial charge on any atom is 0.269 e. The van der Waals surface area contributed by atoms with E-state index in [0.717, 1.165) is 31.2 Å². The molecule has 0 spiro atoms. The number of hydrogen-bond acceptors (Lipinski definition) is 8. The molecule has 1 aliphatic carbocycles.